The first-order chi connectivity index (χ1) is 10.3. The van der Waals surface area contributed by atoms with Gasteiger partial charge in [0.1, 0.15) is 19.3 Å². The lowest BCUT2D eigenvalue weighted by Crippen LogP contribution is -2.40. The van der Waals surface area contributed by atoms with Gasteiger partial charge in [0.25, 0.3) is 0 Å². The van der Waals surface area contributed by atoms with Crippen LogP contribution in [0.2, 0.25) is 0 Å². The summed E-state index contributed by atoms with van der Waals surface area (Å²) in [6, 6.07) is 2.65. The van der Waals surface area contributed by atoms with Gasteiger partial charge in [0.15, 0.2) is 11.5 Å². The van der Waals surface area contributed by atoms with Crippen molar-refractivity contribution in [1.29, 1.82) is 0 Å². The predicted molar refractivity (Wildman–Crippen MR) is 78.8 cm³/mol. The number of carboxylic acid groups (broad SMARTS) is 1. The van der Waals surface area contributed by atoms with Crippen molar-refractivity contribution in [2.45, 2.75) is 17.4 Å². The average molecular weight is 348 g/mol. The number of halogens is 1. The summed E-state index contributed by atoms with van der Waals surface area (Å²) in [7, 11) is -4.05. The summed E-state index contributed by atoms with van der Waals surface area (Å²) in [5, 5.41) is 9.09. The Balaban J connectivity index is 2.25. The van der Waals surface area contributed by atoms with E-state index in [1.165, 1.54) is 18.2 Å². The molecule has 2 N–H and O–H groups in total. The van der Waals surface area contributed by atoms with E-state index in [4.69, 9.17) is 26.2 Å². The van der Waals surface area contributed by atoms with Gasteiger partial charge < -0.3 is 14.6 Å². The van der Waals surface area contributed by atoms with E-state index in [0.29, 0.717) is 24.7 Å². The Kier molecular flexibility index (Phi) is 4.94. The van der Waals surface area contributed by atoms with Gasteiger partial charge in [0.2, 0.25) is 10.0 Å². The summed E-state index contributed by atoms with van der Waals surface area (Å²) in [5.74, 6) is -0.611. The minimum Gasteiger partial charge on any atom is -0.486 e. The molecule has 0 saturated carbocycles. The van der Waals surface area contributed by atoms with Gasteiger partial charge in [-0.2, -0.15) is 4.72 Å². The van der Waals surface area contributed by atoms with Gasteiger partial charge in [0.05, 0.1) is 4.90 Å². The number of hydrogen-bond donors (Lipinski definition) is 2. The molecule has 22 heavy (non-hydrogen) atoms. The summed E-state index contributed by atoms with van der Waals surface area (Å²) in [6.07, 6.45) is -0.222. The molecular weight excluding hydrogens is 334 g/mol. The molecule has 2 rings (SSSR count). The SMILES string of the molecule is C=C(Cl)CC(NS(=O)(=O)c1ccc2c(c1)OCCO2)C(=O)O. The molecule has 0 aromatic heterocycles. The van der Waals surface area contributed by atoms with E-state index in [1.807, 2.05) is 0 Å². The number of fused-ring (bicyclic) bond motifs is 1. The van der Waals surface area contributed by atoms with Gasteiger partial charge in [0, 0.05) is 17.5 Å². The van der Waals surface area contributed by atoms with E-state index < -0.39 is 22.0 Å². The van der Waals surface area contributed by atoms with Gasteiger partial charge in [-0.15, -0.1) is 0 Å². The molecule has 1 aliphatic heterocycles. The van der Waals surface area contributed by atoms with E-state index in [1.54, 1.807) is 0 Å². The number of nitrogens with one attached hydrogen (secondary N) is 1. The molecule has 0 spiro atoms. The Morgan fingerprint density at radius 1 is 1.36 bits per heavy atom. The van der Waals surface area contributed by atoms with Crippen LogP contribution in [0, 0.1) is 0 Å². The third-order valence-corrected chi connectivity index (χ3v) is 4.47. The van der Waals surface area contributed by atoms with Crippen molar-refractivity contribution in [2.24, 2.45) is 0 Å². The largest absolute Gasteiger partial charge is 0.486 e. The van der Waals surface area contributed by atoms with Crippen molar-refractivity contribution < 1.29 is 27.8 Å². The summed E-state index contributed by atoms with van der Waals surface area (Å²) < 4.78 is 37.2. The summed E-state index contributed by atoms with van der Waals surface area (Å²) in [6.45, 7) is 4.07. The zero-order valence-electron chi connectivity index (χ0n) is 11.4. The van der Waals surface area contributed by atoms with Crippen molar-refractivity contribution >= 4 is 27.6 Å². The molecular formula is C13H14ClNO6S. The maximum atomic E-state index is 12.3. The number of sulfonamides is 1. The van der Waals surface area contributed by atoms with Crippen LogP contribution in [0.5, 0.6) is 11.5 Å². The first-order valence-electron chi connectivity index (χ1n) is 6.27. The highest BCUT2D eigenvalue weighted by atomic mass is 35.5. The average Bonchev–Trinajstić information content (AvgIpc) is 2.45. The smallest absolute Gasteiger partial charge is 0.322 e. The van der Waals surface area contributed by atoms with Gasteiger partial charge in [-0.05, 0) is 12.1 Å². The first-order valence-corrected chi connectivity index (χ1v) is 8.14. The van der Waals surface area contributed by atoms with Crippen LogP contribution in [-0.2, 0) is 14.8 Å². The maximum Gasteiger partial charge on any atom is 0.322 e. The van der Waals surface area contributed by atoms with E-state index in [-0.39, 0.29) is 16.3 Å². The van der Waals surface area contributed by atoms with Crippen LogP contribution in [0.1, 0.15) is 6.42 Å². The fraction of sp³-hybridized carbons (Fsp3) is 0.308. The van der Waals surface area contributed by atoms with E-state index >= 15 is 0 Å². The van der Waals surface area contributed by atoms with Crippen molar-refractivity contribution in [3.8, 4) is 11.5 Å². The first kappa shape index (κ1) is 16.6. The van der Waals surface area contributed by atoms with Gasteiger partial charge in [-0.25, -0.2) is 8.42 Å². The molecule has 0 amide bonds. The second-order valence-corrected chi connectivity index (χ2v) is 6.79. The van der Waals surface area contributed by atoms with Crippen LogP contribution >= 0.6 is 11.6 Å². The molecule has 1 aliphatic rings. The van der Waals surface area contributed by atoms with E-state index in [0.717, 1.165) is 0 Å². The number of hydrogen-bond acceptors (Lipinski definition) is 5. The van der Waals surface area contributed by atoms with Gasteiger partial charge in [-0.3, -0.25) is 4.79 Å². The number of rotatable bonds is 6. The molecule has 1 heterocycles. The molecule has 9 heteroatoms. The molecule has 1 aromatic rings. The summed E-state index contributed by atoms with van der Waals surface area (Å²) >= 11 is 5.56. The highest BCUT2D eigenvalue weighted by Gasteiger charge is 2.27. The molecule has 0 saturated heterocycles. The van der Waals surface area contributed by atoms with Crippen LogP contribution in [0.3, 0.4) is 0 Å². The van der Waals surface area contributed by atoms with Crippen molar-refractivity contribution in [1.82, 2.24) is 4.72 Å². The van der Waals surface area contributed by atoms with E-state index in [9.17, 15) is 13.2 Å². The van der Waals surface area contributed by atoms with Crippen LogP contribution in [0.15, 0.2) is 34.7 Å². The number of carboxylic acids is 1. The van der Waals surface area contributed by atoms with E-state index in [2.05, 4.69) is 11.3 Å². The molecule has 1 unspecified atom stereocenters. The Hall–Kier alpha value is -1.77. The van der Waals surface area contributed by atoms with Crippen molar-refractivity contribution in [2.75, 3.05) is 13.2 Å². The maximum absolute atomic E-state index is 12.3. The number of benzene rings is 1. The zero-order chi connectivity index (χ0) is 16.3. The predicted octanol–water partition coefficient (Wildman–Crippen LogP) is 1.33. The highest BCUT2D eigenvalue weighted by Crippen LogP contribution is 2.32. The molecule has 0 radical (unpaired) electrons. The second-order valence-electron chi connectivity index (χ2n) is 4.54. The lowest BCUT2D eigenvalue weighted by atomic mass is 10.2. The zero-order valence-corrected chi connectivity index (χ0v) is 13.0. The Morgan fingerprint density at radius 3 is 2.59 bits per heavy atom. The summed E-state index contributed by atoms with van der Waals surface area (Å²) in [4.78, 5) is 11.0. The van der Waals surface area contributed by atoms with Gasteiger partial charge in [-0.1, -0.05) is 18.2 Å². The second kappa shape index (κ2) is 6.55. The third-order valence-electron chi connectivity index (χ3n) is 2.85. The monoisotopic (exact) mass is 347 g/mol. The lowest BCUT2D eigenvalue weighted by Gasteiger charge is -2.19. The fourth-order valence-electron chi connectivity index (χ4n) is 1.85. The van der Waals surface area contributed by atoms with Crippen LogP contribution in [0.25, 0.3) is 0 Å². The third kappa shape index (κ3) is 3.90. The van der Waals surface area contributed by atoms with Crippen LogP contribution in [-0.4, -0.2) is 38.7 Å². The summed E-state index contributed by atoms with van der Waals surface area (Å²) in [5.41, 5.74) is 0. The van der Waals surface area contributed by atoms with Gasteiger partial charge >= 0.3 is 5.97 Å². The normalized spacial score (nSPS) is 15.1. The Labute approximate surface area is 132 Å². The molecule has 7 nitrogen and oxygen atoms in total. The van der Waals surface area contributed by atoms with Crippen molar-refractivity contribution in [3.05, 3.63) is 29.8 Å². The highest BCUT2D eigenvalue weighted by molar-refractivity contribution is 7.89. The molecule has 0 fully saturated rings. The molecule has 0 aliphatic carbocycles. The molecule has 0 bridgehead atoms. The van der Waals surface area contributed by atoms with Crippen LogP contribution < -0.4 is 14.2 Å². The number of aliphatic carboxylic acids is 1. The molecule has 1 aromatic carbocycles. The standard InChI is InChI=1S/C13H14ClNO6S/c1-8(14)6-10(13(16)17)15-22(18,19)9-2-3-11-12(7-9)21-5-4-20-11/h2-3,7,10,15H,1,4-6H2,(H,16,17). The number of carbonyl (C=O) groups is 1. The Morgan fingerprint density at radius 2 is 2.00 bits per heavy atom. The van der Waals surface area contributed by atoms with Crippen molar-refractivity contribution in [3.63, 3.8) is 0 Å². The molecule has 120 valence electrons. The fourth-order valence-corrected chi connectivity index (χ4v) is 3.21. The lowest BCUT2D eigenvalue weighted by molar-refractivity contribution is -0.138. The minimum atomic E-state index is -4.05. The van der Waals surface area contributed by atoms with Crippen LogP contribution in [0.4, 0.5) is 0 Å². The number of ether oxygens (including phenoxy) is 2. The quantitative estimate of drug-likeness (QED) is 0.805. The topological polar surface area (TPSA) is 102 Å². The minimum absolute atomic E-state index is 0.0391. The Bertz CT molecular complexity index is 702. The molecule has 1 atom stereocenters.